The van der Waals surface area contributed by atoms with Crippen molar-refractivity contribution in [1.82, 2.24) is 10.6 Å². The van der Waals surface area contributed by atoms with Gasteiger partial charge in [-0.15, -0.1) is 0 Å². The maximum Gasteiger partial charge on any atom is 0.321 e. The number of ketones is 1. The summed E-state index contributed by atoms with van der Waals surface area (Å²) in [4.78, 5) is 46.1. The Hall–Kier alpha value is -2.77. The highest BCUT2D eigenvalue weighted by Crippen LogP contribution is 2.07. The molecule has 0 aromatic heterocycles. The molecule has 136 valence electrons. The summed E-state index contributed by atoms with van der Waals surface area (Å²) in [7, 11) is 0. The fourth-order valence-corrected chi connectivity index (χ4v) is 1.80. The maximum atomic E-state index is 12.8. The molecule has 0 bridgehead atoms. The first-order valence-electron chi connectivity index (χ1n) is 7.94. The van der Waals surface area contributed by atoms with Gasteiger partial charge in [0.2, 0.25) is 0 Å². The Morgan fingerprint density at radius 3 is 2.40 bits per heavy atom. The van der Waals surface area contributed by atoms with E-state index in [1.807, 2.05) is 12.2 Å². The van der Waals surface area contributed by atoms with E-state index in [9.17, 15) is 23.6 Å². The molecule has 0 unspecified atom stereocenters. The number of ether oxygens (including phenoxy) is 1. The number of hydrogen-bond acceptors (Lipinski definition) is 5. The second kappa shape index (κ2) is 10.9. The van der Waals surface area contributed by atoms with Crippen LogP contribution in [0.15, 0.2) is 24.3 Å². The van der Waals surface area contributed by atoms with Gasteiger partial charge in [0.1, 0.15) is 5.82 Å². The Balaban J connectivity index is 2.23. The second-order valence-corrected chi connectivity index (χ2v) is 5.25. The highest BCUT2D eigenvalue weighted by Gasteiger charge is 2.13. The van der Waals surface area contributed by atoms with Gasteiger partial charge in [-0.05, 0) is 30.7 Å². The second-order valence-electron chi connectivity index (χ2n) is 5.25. The van der Waals surface area contributed by atoms with Crippen LogP contribution in [0.25, 0.3) is 0 Å². The highest BCUT2D eigenvalue weighted by atomic mass is 19.1. The first-order valence-corrected chi connectivity index (χ1v) is 7.94. The molecule has 8 heteroatoms. The summed E-state index contributed by atoms with van der Waals surface area (Å²) in [5.74, 6) is -2.29. The van der Waals surface area contributed by atoms with Crippen LogP contribution in [0.3, 0.4) is 0 Å². The Kier molecular flexibility index (Phi) is 8.84. The van der Waals surface area contributed by atoms with Gasteiger partial charge >= 0.3 is 12.0 Å². The average Bonchev–Trinajstić information content (AvgIpc) is 2.58. The number of carbonyl (C=O) groups is 4. The third kappa shape index (κ3) is 8.59. The molecule has 0 saturated carbocycles. The lowest BCUT2D eigenvalue weighted by atomic mass is 10.1. The van der Waals surface area contributed by atoms with Gasteiger partial charge < -0.3 is 10.1 Å². The number of Topliss-reactive ketones (excluding diaryl/α,β-unsaturated/α-hetero) is 1. The number of benzene rings is 1. The van der Waals surface area contributed by atoms with Crippen LogP contribution >= 0.6 is 0 Å². The van der Waals surface area contributed by atoms with E-state index >= 15 is 0 Å². The van der Waals surface area contributed by atoms with Crippen LogP contribution in [0.1, 0.15) is 43.0 Å². The lowest BCUT2D eigenvalue weighted by Crippen LogP contribution is -2.41. The lowest BCUT2D eigenvalue weighted by molar-refractivity contribution is -0.148. The Labute approximate surface area is 144 Å². The lowest BCUT2D eigenvalue weighted by Gasteiger charge is -2.07. The van der Waals surface area contributed by atoms with Crippen LogP contribution < -0.4 is 10.6 Å². The van der Waals surface area contributed by atoms with E-state index in [0.29, 0.717) is 6.54 Å². The zero-order chi connectivity index (χ0) is 18.7. The molecule has 2 N–H and O–H groups in total. The number of imide groups is 1. The van der Waals surface area contributed by atoms with Gasteiger partial charge in [-0.2, -0.15) is 0 Å². The molecule has 1 aromatic rings. The van der Waals surface area contributed by atoms with Gasteiger partial charge in [-0.25, -0.2) is 9.18 Å². The van der Waals surface area contributed by atoms with Gasteiger partial charge in [-0.3, -0.25) is 19.7 Å². The van der Waals surface area contributed by atoms with Gasteiger partial charge in [0.25, 0.3) is 5.91 Å². The van der Waals surface area contributed by atoms with Crippen LogP contribution in [0.2, 0.25) is 0 Å². The summed E-state index contributed by atoms with van der Waals surface area (Å²) in [5, 5.41) is 4.50. The molecule has 1 rings (SSSR count). The Morgan fingerprint density at radius 2 is 1.76 bits per heavy atom. The van der Waals surface area contributed by atoms with Crippen molar-refractivity contribution in [1.29, 1.82) is 0 Å². The minimum absolute atomic E-state index is 0.121. The monoisotopic (exact) mass is 352 g/mol. The number of halogens is 1. The summed E-state index contributed by atoms with van der Waals surface area (Å²) < 4.78 is 17.5. The minimum Gasteiger partial charge on any atom is -0.456 e. The number of nitrogens with one attached hydrogen (secondary N) is 2. The predicted molar refractivity (Wildman–Crippen MR) is 87.4 cm³/mol. The fraction of sp³-hybridized carbons (Fsp3) is 0.412. The van der Waals surface area contributed by atoms with E-state index in [0.717, 1.165) is 25.0 Å². The van der Waals surface area contributed by atoms with Gasteiger partial charge in [-0.1, -0.05) is 13.3 Å². The standard InChI is InChI=1S/C17H21FN2O5/c1-2-3-10-19-17(24)20-15(22)11-25-16(23)9-8-14(21)12-4-6-13(18)7-5-12/h4-7H,2-3,8-11H2,1H3,(H2,19,20,22,24). The van der Waals surface area contributed by atoms with Crippen LogP contribution in [0.4, 0.5) is 9.18 Å². The molecule has 7 nitrogen and oxygen atoms in total. The molecule has 0 atom stereocenters. The van der Waals surface area contributed by atoms with Crippen molar-refractivity contribution in [2.45, 2.75) is 32.6 Å². The van der Waals surface area contributed by atoms with Crippen molar-refractivity contribution in [2.24, 2.45) is 0 Å². The summed E-state index contributed by atoms with van der Waals surface area (Å²) in [6.07, 6.45) is 1.36. The molecule has 0 heterocycles. The number of rotatable bonds is 9. The summed E-state index contributed by atoms with van der Waals surface area (Å²) >= 11 is 0. The third-order valence-electron chi connectivity index (χ3n) is 3.16. The fourth-order valence-electron chi connectivity index (χ4n) is 1.80. The number of urea groups is 1. The SMILES string of the molecule is CCCCNC(=O)NC(=O)COC(=O)CCC(=O)c1ccc(F)cc1. The van der Waals surface area contributed by atoms with E-state index in [2.05, 4.69) is 5.32 Å². The number of hydrogen-bond donors (Lipinski definition) is 2. The van der Waals surface area contributed by atoms with Crippen molar-refractivity contribution in [2.75, 3.05) is 13.2 Å². The van der Waals surface area contributed by atoms with Crippen molar-refractivity contribution < 1.29 is 28.3 Å². The molecule has 25 heavy (non-hydrogen) atoms. The highest BCUT2D eigenvalue weighted by molar-refractivity contribution is 5.98. The zero-order valence-corrected chi connectivity index (χ0v) is 14.0. The smallest absolute Gasteiger partial charge is 0.321 e. The quantitative estimate of drug-likeness (QED) is 0.402. The van der Waals surface area contributed by atoms with Crippen LogP contribution in [-0.4, -0.2) is 36.8 Å². The molecular weight excluding hydrogens is 331 g/mol. The Bertz CT molecular complexity index is 616. The van der Waals surface area contributed by atoms with Crippen LogP contribution in [-0.2, 0) is 14.3 Å². The summed E-state index contributed by atoms with van der Waals surface area (Å²) in [6.45, 7) is 1.80. The molecule has 0 saturated heterocycles. The molecule has 0 aliphatic heterocycles. The molecule has 3 amide bonds. The summed E-state index contributed by atoms with van der Waals surface area (Å²) in [5.41, 5.74) is 0.288. The van der Waals surface area contributed by atoms with Crippen LogP contribution in [0.5, 0.6) is 0 Å². The largest absolute Gasteiger partial charge is 0.456 e. The number of esters is 1. The minimum atomic E-state index is -0.757. The predicted octanol–water partition coefficient (Wildman–Crippen LogP) is 1.96. The van der Waals surface area contributed by atoms with E-state index in [4.69, 9.17) is 4.74 Å². The number of amides is 3. The molecule has 0 aliphatic rings. The molecule has 0 aliphatic carbocycles. The zero-order valence-electron chi connectivity index (χ0n) is 14.0. The first-order chi connectivity index (χ1) is 11.9. The topological polar surface area (TPSA) is 102 Å². The molecule has 0 fully saturated rings. The van der Waals surface area contributed by atoms with E-state index in [-0.39, 0.29) is 24.2 Å². The molecular formula is C17H21FN2O5. The van der Waals surface area contributed by atoms with E-state index in [1.165, 1.54) is 12.1 Å². The normalized spacial score (nSPS) is 10.0. The van der Waals surface area contributed by atoms with Gasteiger partial charge in [0.15, 0.2) is 12.4 Å². The number of carbonyl (C=O) groups excluding carboxylic acids is 4. The summed E-state index contributed by atoms with van der Waals surface area (Å²) in [6, 6.07) is 4.31. The van der Waals surface area contributed by atoms with Crippen molar-refractivity contribution in [3.8, 4) is 0 Å². The van der Waals surface area contributed by atoms with Gasteiger partial charge in [0.05, 0.1) is 6.42 Å². The molecule has 0 spiro atoms. The number of unbranched alkanes of at least 4 members (excludes halogenated alkanes) is 1. The third-order valence-corrected chi connectivity index (χ3v) is 3.16. The average molecular weight is 352 g/mol. The van der Waals surface area contributed by atoms with E-state index in [1.54, 1.807) is 0 Å². The molecule has 0 radical (unpaired) electrons. The first kappa shape index (κ1) is 20.3. The van der Waals surface area contributed by atoms with Crippen molar-refractivity contribution >= 4 is 23.7 Å². The van der Waals surface area contributed by atoms with Crippen molar-refractivity contribution in [3.63, 3.8) is 0 Å². The Morgan fingerprint density at radius 1 is 1.08 bits per heavy atom. The van der Waals surface area contributed by atoms with Crippen molar-refractivity contribution in [3.05, 3.63) is 35.6 Å². The molecule has 1 aromatic carbocycles. The van der Waals surface area contributed by atoms with E-state index < -0.39 is 30.3 Å². The van der Waals surface area contributed by atoms with Gasteiger partial charge in [0, 0.05) is 18.5 Å². The maximum absolute atomic E-state index is 12.8. The van der Waals surface area contributed by atoms with Crippen LogP contribution in [0, 0.1) is 5.82 Å².